The molecule has 94 valence electrons. The lowest BCUT2D eigenvalue weighted by Crippen LogP contribution is -1.93. The van der Waals surface area contributed by atoms with E-state index in [4.69, 9.17) is 14.6 Å². The molecule has 0 bridgehead atoms. The average molecular weight is 248 g/mol. The lowest BCUT2D eigenvalue weighted by Gasteiger charge is -2.10. The number of benzene rings is 2. The maximum Gasteiger partial charge on any atom is 0.133 e. The minimum absolute atomic E-state index is 0.275. The van der Waals surface area contributed by atoms with E-state index in [9.17, 15) is 4.39 Å². The highest BCUT2D eigenvalue weighted by Crippen LogP contribution is 2.27. The Morgan fingerprint density at radius 3 is 2.33 bits per heavy atom. The smallest absolute Gasteiger partial charge is 0.133 e. The molecule has 0 aromatic heterocycles. The normalized spacial score (nSPS) is 10.2. The Morgan fingerprint density at radius 1 is 1.06 bits per heavy atom. The second-order valence-electron chi connectivity index (χ2n) is 3.69. The van der Waals surface area contributed by atoms with Crippen molar-refractivity contribution in [3.8, 4) is 17.2 Å². The van der Waals surface area contributed by atoms with E-state index in [1.807, 2.05) is 0 Å². The summed E-state index contributed by atoms with van der Waals surface area (Å²) in [6.07, 6.45) is 0. The molecule has 1 N–H and O–H groups in total. The Kier molecular flexibility index (Phi) is 3.79. The second-order valence-corrected chi connectivity index (χ2v) is 3.69. The third kappa shape index (κ3) is 2.78. The molecule has 0 unspecified atom stereocenters. The van der Waals surface area contributed by atoms with Crippen LogP contribution in [0.3, 0.4) is 0 Å². The van der Waals surface area contributed by atoms with Gasteiger partial charge in [-0.15, -0.1) is 0 Å². The highest BCUT2D eigenvalue weighted by molar-refractivity contribution is 5.39. The minimum Gasteiger partial charge on any atom is -0.497 e. The van der Waals surface area contributed by atoms with Crippen LogP contribution in [0, 0.1) is 5.82 Å². The Labute approximate surface area is 104 Å². The van der Waals surface area contributed by atoms with Gasteiger partial charge in [0, 0.05) is 5.56 Å². The molecule has 0 atom stereocenters. The molecule has 0 aliphatic heterocycles. The van der Waals surface area contributed by atoms with Crippen LogP contribution in [-0.2, 0) is 6.61 Å². The molecule has 2 aromatic rings. The molecule has 3 nitrogen and oxygen atoms in total. The van der Waals surface area contributed by atoms with Gasteiger partial charge < -0.3 is 14.6 Å². The zero-order valence-electron chi connectivity index (χ0n) is 9.89. The van der Waals surface area contributed by atoms with Crippen LogP contribution in [0.4, 0.5) is 4.39 Å². The van der Waals surface area contributed by atoms with Crippen molar-refractivity contribution in [1.29, 1.82) is 0 Å². The van der Waals surface area contributed by atoms with Gasteiger partial charge in [-0.1, -0.05) is 0 Å². The summed E-state index contributed by atoms with van der Waals surface area (Å²) in [6, 6.07) is 11.0. The minimum atomic E-state index is -0.402. The summed E-state index contributed by atoms with van der Waals surface area (Å²) in [6.45, 7) is -0.275. The van der Waals surface area contributed by atoms with E-state index in [0.29, 0.717) is 17.1 Å². The van der Waals surface area contributed by atoms with Gasteiger partial charge in [-0.25, -0.2) is 4.39 Å². The number of rotatable bonds is 4. The van der Waals surface area contributed by atoms with Crippen LogP contribution < -0.4 is 9.47 Å². The first-order chi connectivity index (χ1) is 8.72. The maximum atomic E-state index is 13.0. The number of ether oxygens (including phenoxy) is 2. The van der Waals surface area contributed by atoms with Crippen LogP contribution in [0.25, 0.3) is 0 Å². The summed E-state index contributed by atoms with van der Waals surface area (Å²) in [5, 5.41) is 9.14. The number of methoxy groups -OCH3 is 1. The van der Waals surface area contributed by atoms with Crippen LogP contribution in [0.1, 0.15) is 5.56 Å². The summed E-state index contributed by atoms with van der Waals surface area (Å²) < 4.78 is 23.6. The summed E-state index contributed by atoms with van der Waals surface area (Å²) >= 11 is 0. The van der Waals surface area contributed by atoms with Crippen molar-refractivity contribution in [2.45, 2.75) is 6.61 Å². The molecule has 0 heterocycles. The first kappa shape index (κ1) is 12.4. The number of aliphatic hydroxyl groups is 1. The molecule has 2 rings (SSSR count). The van der Waals surface area contributed by atoms with Gasteiger partial charge in [0.1, 0.15) is 23.1 Å². The quantitative estimate of drug-likeness (QED) is 0.903. The fourth-order valence-electron chi connectivity index (χ4n) is 1.54. The number of aliphatic hydroxyl groups excluding tert-OH is 1. The Bertz CT molecular complexity index is 523. The third-order valence-corrected chi connectivity index (χ3v) is 2.48. The van der Waals surface area contributed by atoms with E-state index >= 15 is 0 Å². The monoisotopic (exact) mass is 248 g/mol. The standard InChI is InChI=1S/C14H13FO3/c1-17-12-3-5-13(6-4-12)18-14-7-2-11(15)8-10(14)9-16/h2-8,16H,9H2,1H3. The van der Waals surface area contributed by atoms with E-state index in [0.717, 1.165) is 5.75 Å². The first-order valence-electron chi connectivity index (χ1n) is 5.44. The molecule has 4 heteroatoms. The predicted molar refractivity (Wildman–Crippen MR) is 65.4 cm³/mol. The van der Waals surface area contributed by atoms with Crippen molar-refractivity contribution in [1.82, 2.24) is 0 Å². The lowest BCUT2D eigenvalue weighted by atomic mass is 10.2. The Hall–Kier alpha value is -2.07. The fraction of sp³-hybridized carbons (Fsp3) is 0.143. The van der Waals surface area contributed by atoms with Crippen LogP contribution in [0.5, 0.6) is 17.2 Å². The van der Waals surface area contributed by atoms with E-state index in [-0.39, 0.29) is 6.61 Å². The van der Waals surface area contributed by atoms with Gasteiger partial charge in [0.2, 0.25) is 0 Å². The molecule has 2 aromatic carbocycles. The molecule has 0 saturated heterocycles. The van der Waals surface area contributed by atoms with Crippen LogP contribution >= 0.6 is 0 Å². The maximum absolute atomic E-state index is 13.0. The van der Waals surface area contributed by atoms with Crippen LogP contribution in [0.15, 0.2) is 42.5 Å². The molecule has 0 saturated carbocycles. The van der Waals surface area contributed by atoms with Crippen molar-refractivity contribution in [3.63, 3.8) is 0 Å². The molecule has 0 radical (unpaired) electrons. The molecule has 0 aliphatic rings. The van der Waals surface area contributed by atoms with Crippen molar-refractivity contribution >= 4 is 0 Å². The van der Waals surface area contributed by atoms with E-state index in [2.05, 4.69) is 0 Å². The Morgan fingerprint density at radius 2 is 1.72 bits per heavy atom. The summed E-state index contributed by atoms with van der Waals surface area (Å²) in [5.41, 5.74) is 0.408. The number of hydrogen-bond acceptors (Lipinski definition) is 3. The van der Waals surface area contributed by atoms with Crippen molar-refractivity contribution in [2.24, 2.45) is 0 Å². The van der Waals surface area contributed by atoms with Crippen molar-refractivity contribution < 1.29 is 19.0 Å². The molecular weight excluding hydrogens is 235 g/mol. The van der Waals surface area contributed by atoms with Crippen LogP contribution in [0.2, 0.25) is 0 Å². The van der Waals surface area contributed by atoms with Crippen molar-refractivity contribution in [2.75, 3.05) is 7.11 Å². The molecule has 0 fully saturated rings. The van der Waals surface area contributed by atoms with Gasteiger partial charge in [0.05, 0.1) is 13.7 Å². The first-order valence-corrected chi connectivity index (χ1v) is 5.44. The zero-order chi connectivity index (χ0) is 13.0. The van der Waals surface area contributed by atoms with Gasteiger partial charge in [0.25, 0.3) is 0 Å². The van der Waals surface area contributed by atoms with E-state index < -0.39 is 5.82 Å². The van der Waals surface area contributed by atoms with E-state index in [1.165, 1.54) is 18.2 Å². The third-order valence-electron chi connectivity index (χ3n) is 2.48. The van der Waals surface area contributed by atoms with Crippen LogP contribution in [-0.4, -0.2) is 12.2 Å². The second kappa shape index (κ2) is 5.51. The fourth-order valence-corrected chi connectivity index (χ4v) is 1.54. The molecule has 0 amide bonds. The lowest BCUT2D eigenvalue weighted by molar-refractivity contribution is 0.275. The Balaban J connectivity index is 2.22. The van der Waals surface area contributed by atoms with Gasteiger partial charge >= 0.3 is 0 Å². The van der Waals surface area contributed by atoms with Gasteiger partial charge in [-0.05, 0) is 42.5 Å². The van der Waals surface area contributed by atoms with Gasteiger partial charge in [-0.2, -0.15) is 0 Å². The predicted octanol–water partition coefficient (Wildman–Crippen LogP) is 3.12. The molecule has 18 heavy (non-hydrogen) atoms. The van der Waals surface area contributed by atoms with Crippen molar-refractivity contribution in [3.05, 3.63) is 53.8 Å². The average Bonchev–Trinajstić information content (AvgIpc) is 2.41. The SMILES string of the molecule is COc1ccc(Oc2ccc(F)cc2CO)cc1. The number of halogens is 1. The molecule has 0 aliphatic carbocycles. The van der Waals surface area contributed by atoms with E-state index in [1.54, 1.807) is 31.4 Å². The zero-order valence-corrected chi connectivity index (χ0v) is 9.89. The highest BCUT2D eigenvalue weighted by Gasteiger charge is 2.06. The topological polar surface area (TPSA) is 38.7 Å². The molecule has 0 spiro atoms. The number of hydrogen-bond donors (Lipinski definition) is 1. The molecular formula is C14H13FO3. The summed E-state index contributed by atoms with van der Waals surface area (Å²) in [4.78, 5) is 0. The van der Waals surface area contributed by atoms with Gasteiger partial charge in [-0.3, -0.25) is 0 Å². The summed E-state index contributed by atoms with van der Waals surface area (Å²) in [5.74, 6) is 1.35. The highest BCUT2D eigenvalue weighted by atomic mass is 19.1. The largest absolute Gasteiger partial charge is 0.497 e. The van der Waals surface area contributed by atoms with Gasteiger partial charge in [0.15, 0.2) is 0 Å². The summed E-state index contributed by atoms with van der Waals surface area (Å²) in [7, 11) is 1.58.